The van der Waals surface area contributed by atoms with Gasteiger partial charge in [-0.15, -0.1) is 0 Å². The van der Waals surface area contributed by atoms with Crippen LogP contribution in [-0.2, 0) is 0 Å². The van der Waals surface area contributed by atoms with E-state index in [0.717, 1.165) is 49.4 Å². The Bertz CT molecular complexity index is 1120. The smallest absolute Gasteiger partial charge is 0.274 e. The number of hydrogen-bond donors (Lipinski definition) is 2. The molecule has 1 amide bonds. The van der Waals surface area contributed by atoms with E-state index in [1.807, 2.05) is 6.07 Å². The average molecular weight is 426 g/mol. The fourth-order valence-corrected chi connectivity index (χ4v) is 4.00. The lowest BCUT2D eigenvalue weighted by Crippen LogP contribution is -2.27. The van der Waals surface area contributed by atoms with E-state index in [4.69, 9.17) is 5.73 Å². The lowest BCUT2D eigenvalue weighted by atomic mass is 9.81. The molecule has 0 spiro atoms. The van der Waals surface area contributed by atoms with Crippen molar-refractivity contribution in [1.29, 1.82) is 0 Å². The molecule has 5 nitrogen and oxygen atoms in total. The van der Waals surface area contributed by atoms with Gasteiger partial charge in [-0.05, 0) is 61.1 Å². The first-order valence-electron chi connectivity index (χ1n) is 10.0. The molecule has 0 radical (unpaired) electrons. The molecule has 1 aromatic carbocycles. The molecule has 3 aromatic rings. The Morgan fingerprint density at radius 3 is 2.68 bits per heavy atom. The van der Waals surface area contributed by atoms with E-state index in [-0.39, 0.29) is 28.9 Å². The summed E-state index contributed by atoms with van der Waals surface area (Å²) >= 11 is 0. The Labute approximate surface area is 177 Å². The molecule has 31 heavy (non-hydrogen) atoms. The second kappa shape index (κ2) is 8.85. The summed E-state index contributed by atoms with van der Waals surface area (Å²) in [7, 11) is 0. The van der Waals surface area contributed by atoms with Crippen LogP contribution in [0.4, 0.5) is 18.9 Å². The summed E-state index contributed by atoms with van der Waals surface area (Å²) in [5, 5.41) is 2.78. The van der Waals surface area contributed by atoms with E-state index in [2.05, 4.69) is 15.3 Å². The zero-order valence-electron chi connectivity index (χ0n) is 16.6. The quantitative estimate of drug-likeness (QED) is 0.628. The van der Waals surface area contributed by atoms with E-state index < -0.39 is 23.4 Å². The summed E-state index contributed by atoms with van der Waals surface area (Å²) in [5.41, 5.74) is 6.88. The highest BCUT2D eigenvalue weighted by Crippen LogP contribution is 2.35. The molecule has 1 saturated carbocycles. The molecule has 0 bridgehead atoms. The number of rotatable bonds is 4. The van der Waals surface area contributed by atoms with Gasteiger partial charge in [0.2, 0.25) is 0 Å². The minimum atomic E-state index is -0.966. The molecule has 2 aromatic heterocycles. The zero-order valence-corrected chi connectivity index (χ0v) is 16.6. The van der Waals surface area contributed by atoms with Gasteiger partial charge in [-0.25, -0.2) is 18.2 Å². The first kappa shape index (κ1) is 21.0. The van der Waals surface area contributed by atoms with E-state index in [1.165, 1.54) is 6.07 Å². The van der Waals surface area contributed by atoms with Gasteiger partial charge in [-0.1, -0.05) is 6.42 Å². The second-order valence-corrected chi connectivity index (χ2v) is 7.69. The van der Waals surface area contributed by atoms with Crippen molar-refractivity contribution in [3.63, 3.8) is 0 Å². The van der Waals surface area contributed by atoms with E-state index in [0.29, 0.717) is 11.8 Å². The molecule has 4 rings (SSSR count). The molecular weight excluding hydrogens is 405 g/mol. The van der Waals surface area contributed by atoms with Crippen LogP contribution in [0.3, 0.4) is 0 Å². The van der Waals surface area contributed by atoms with Crippen molar-refractivity contribution in [1.82, 2.24) is 9.97 Å². The van der Waals surface area contributed by atoms with Crippen LogP contribution in [0.2, 0.25) is 0 Å². The molecule has 2 atom stereocenters. The van der Waals surface area contributed by atoms with Crippen LogP contribution in [0.5, 0.6) is 0 Å². The number of carbonyl (C=O) groups excluding carboxylic acids is 1. The van der Waals surface area contributed by atoms with Gasteiger partial charge in [0.15, 0.2) is 0 Å². The van der Waals surface area contributed by atoms with Crippen molar-refractivity contribution in [2.45, 2.75) is 37.6 Å². The summed E-state index contributed by atoms with van der Waals surface area (Å²) in [4.78, 5) is 20.9. The summed E-state index contributed by atoms with van der Waals surface area (Å²) in [6.07, 6.45) is 6.98. The minimum absolute atomic E-state index is 0.102. The molecule has 8 heteroatoms. The number of pyridine rings is 2. The topological polar surface area (TPSA) is 80.9 Å². The van der Waals surface area contributed by atoms with E-state index in [1.54, 1.807) is 12.4 Å². The van der Waals surface area contributed by atoms with Gasteiger partial charge >= 0.3 is 0 Å². The number of nitrogens with zero attached hydrogens (tertiary/aromatic N) is 2. The van der Waals surface area contributed by atoms with Gasteiger partial charge in [-0.2, -0.15) is 0 Å². The Morgan fingerprint density at radius 2 is 1.90 bits per heavy atom. The number of benzene rings is 1. The molecule has 0 aliphatic heterocycles. The highest BCUT2D eigenvalue weighted by atomic mass is 19.1. The highest BCUT2D eigenvalue weighted by Gasteiger charge is 2.24. The Balaban J connectivity index is 1.62. The normalized spacial score (nSPS) is 18.6. The van der Waals surface area contributed by atoms with Gasteiger partial charge in [0.25, 0.3) is 5.91 Å². The van der Waals surface area contributed by atoms with Crippen molar-refractivity contribution >= 4 is 11.6 Å². The average Bonchev–Trinajstić information content (AvgIpc) is 2.75. The summed E-state index contributed by atoms with van der Waals surface area (Å²) in [6.45, 7) is 0. The standard InChI is InChI=1S/C23H21F3N4O/c24-14-4-5-17(19(26)11-14)22-18(25)6-7-20(29-22)23(31)30-21-12-28-9-8-16(21)13-2-1-3-15(27)10-13/h4-9,11-13,15H,1-3,10,27H2,(H,30,31). The zero-order chi connectivity index (χ0) is 22.0. The molecule has 2 heterocycles. The number of aromatic nitrogens is 2. The lowest BCUT2D eigenvalue weighted by molar-refractivity contribution is 0.102. The Morgan fingerprint density at radius 1 is 1.06 bits per heavy atom. The third kappa shape index (κ3) is 4.59. The highest BCUT2D eigenvalue weighted by molar-refractivity contribution is 6.03. The van der Waals surface area contributed by atoms with Crippen LogP contribution in [-0.4, -0.2) is 21.9 Å². The molecule has 1 aliphatic rings. The molecule has 0 saturated heterocycles. The van der Waals surface area contributed by atoms with Crippen molar-refractivity contribution in [2.75, 3.05) is 5.32 Å². The third-order valence-corrected chi connectivity index (χ3v) is 5.52. The maximum atomic E-state index is 14.3. The van der Waals surface area contributed by atoms with Crippen molar-refractivity contribution < 1.29 is 18.0 Å². The fraction of sp³-hybridized carbons (Fsp3) is 0.261. The van der Waals surface area contributed by atoms with Crippen molar-refractivity contribution in [3.05, 3.63) is 77.5 Å². The first-order valence-corrected chi connectivity index (χ1v) is 10.0. The summed E-state index contributed by atoms with van der Waals surface area (Å²) < 4.78 is 41.6. The van der Waals surface area contributed by atoms with Gasteiger partial charge < -0.3 is 11.1 Å². The largest absolute Gasteiger partial charge is 0.328 e. The summed E-state index contributed by atoms with van der Waals surface area (Å²) in [6, 6.07) is 6.94. The van der Waals surface area contributed by atoms with Gasteiger partial charge in [0.1, 0.15) is 28.8 Å². The predicted octanol–water partition coefficient (Wildman–Crippen LogP) is 4.80. The van der Waals surface area contributed by atoms with Crippen LogP contribution in [0, 0.1) is 17.5 Å². The molecular formula is C23H21F3N4O. The molecule has 1 fully saturated rings. The maximum Gasteiger partial charge on any atom is 0.274 e. The van der Waals surface area contributed by atoms with Crippen molar-refractivity contribution in [2.24, 2.45) is 5.73 Å². The monoisotopic (exact) mass is 426 g/mol. The van der Waals surface area contributed by atoms with Crippen LogP contribution < -0.4 is 11.1 Å². The maximum absolute atomic E-state index is 14.3. The molecule has 160 valence electrons. The Hall–Kier alpha value is -3.26. The van der Waals surface area contributed by atoms with Crippen LogP contribution in [0.15, 0.2) is 48.8 Å². The number of nitrogens with one attached hydrogen (secondary N) is 1. The van der Waals surface area contributed by atoms with Crippen LogP contribution >= 0.6 is 0 Å². The molecule has 2 unspecified atom stereocenters. The van der Waals surface area contributed by atoms with Crippen LogP contribution in [0.25, 0.3) is 11.3 Å². The first-order chi connectivity index (χ1) is 14.9. The third-order valence-electron chi connectivity index (χ3n) is 5.52. The number of amides is 1. The Kier molecular flexibility index (Phi) is 5.99. The molecule has 3 N–H and O–H groups in total. The number of hydrogen-bond acceptors (Lipinski definition) is 4. The lowest BCUT2D eigenvalue weighted by Gasteiger charge is -2.28. The SMILES string of the molecule is NC1CCCC(c2ccncc2NC(=O)c2ccc(F)c(-c3ccc(F)cc3F)n2)C1. The second-order valence-electron chi connectivity index (χ2n) is 7.69. The van der Waals surface area contributed by atoms with Crippen LogP contribution in [0.1, 0.15) is 47.7 Å². The predicted molar refractivity (Wildman–Crippen MR) is 111 cm³/mol. The van der Waals surface area contributed by atoms with Gasteiger partial charge in [0.05, 0.1) is 11.9 Å². The number of halogens is 3. The molecule has 1 aliphatic carbocycles. The summed E-state index contributed by atoms with van der Waals surface area (Å²) in [5.74, 6) is -2.96. The fourth-order valence-electron chi connectivity index (χ4n) is 4.00. The number of nitrogens with two attached hydrogens (primary N) is 1. The van der Waals surface area contributed by atoms with E-state index >= 15 is 0 Å². The van der Waals surface area contributed by atoms with Gasteiger partial charge in [0, 0.05) is 23.9 Å². The van der Waals surface area contributed by atoms with E-state index in [9.17, 15) is 18.0 Å². The number of anilines is 1. The number of carbonyl (C=O) groups is 1. The van der Waals surface area contributed by atoms with Gasteiger partial charge in [-0.3, -0.25) is 9.78 Å². The minimum Gasteiger partial charge on any atom is -0.328 e. The van der Waals surface area contributed by atoms with Crippen molar-refractivity contribution in [3.8, 4) is 11.3 Å².